The van der Waals surface area contributed by atoms with Gasteiger partial charge in [0, 0.05) is 42.0 Å². The lowest BCUT2D eigenvalue weighted by Crippen LogP contribution is -2.39. The van der Waals surface area contributed by atoms with Gasteiger partial charge < -0.3 is 4.90 Å². The average molecular weight is 301 g/mol. The van der Waals surface area contributed by atoms with Gasteiger partial charge >= 0.3 is 0 Å². The number of likely N-dealkylation sites (tertiary alicyclic amines) is 1. The Balaban J connectivity index is 1.73. The first-order valence-electron chi connectivity index (χ1n) is 7.79. The molecular weight excluding hydrogens is 278 g/mol. The van der Waals surface area contributed by atoms with Crippen molar-refractivity contribution in [2.45, 2.75) is 44.9 Å². The number of aromatic amines is 2. The summed E-state index contributed by atoms with van der Waals surface area (Å²) in [6.07, 6.45) is 3.85. The van der Waals surface area contributed by atoms with Crippen molar-refractivity contribution in [1.29, 1.82) is 0 Å². The number of H-pyrrole nitrogens is 2. The molecule has 2 aromatic rings. The van der Waals surface area contributed by atoms with Crippen LogP contribution in [0, 0.1) is 0 Å². The molecule has 1 saturated heterocycles. The minimum atomic E-state index is -0.0358. The maximum atomic E-state index is 12.7. The van der Waals surface area contributed by atoms with Gasteiger partial charge in [0.25, 0.3) is 5.91 Å². The Morgan fingerprint density at radius 2 is 2.18 bits per heavy atom. The van der Waals surface area contributed by atoms with Gasteiger partial charge in [-0.3, -0.25) is 15.0 Å². The highest BCUT2D eigenvalue weighted by molar-refractivity contribution is 5.92. The van der Waals surface area contributed by atoms with Crippen molar-refractivity contribution in [1.82, 2.24) is 25.3 Å². The molecule has 2 N–H and O–H groups in total. The molecule has 6 nitrogen and oxygen atoms in total. The number of amides is 1. The van der Waals surface area contributed by atoms with Crippen LogP contribution in [0.15, 0.2) is 18.3 Å². The van der Waals surface area contributed by atoms with Crippen LogP contribution in [-0.2, 0) is 5.41 Å². The fourth-order valence-corrected chi connectivity index (χ4v) is 2.89. The monoisotopic (exact) mass is 301 g/mol. The van der Waals surface area contributed by atoms with E-state index in [2.05, 4.69) is 41.2 Å². The van der Waals surface area contributed by atoms with Gasteiger partial charge in [0.1, 0.15) is 5.69 Å². The van der Waals surface area contributed by atoms with Crippen molar-refractivity contribution in [3.63, 3.8) is 0 Å². The van der Waals surface area contributed by atoms with Gasteiger partial charge in [0.15, 0.2) is 0 Å². The van der Waals surface area contributed by atoms with Gasteiger partial charge in [-0.2, -0.15) is 10.2 Å². The average Bonchev–Trinajstić information content (AvgIpc) is 3.17. The summed E-state index contributed by atoms with van der Waals surface area (Å²) >= 11 is 0. The Labute approximate surface area is 130 Å². The first kappa shape index (κ1) is 14.8. The fraction of sp³-hybridized carbons (Fsp3) is 0.562. The first-order chi connectivity index (χ1) is 10.4. The van der Waals surface area contributed by atoms with Crippen LogP contribution in [-0.4, -0.2) is 44.3 Å². The van der Waals surface area contributed by atoms with Crippen LogP contribution in [0.2, 0.25) is 0 Å². The summed E-state index contributed by atoms with van der Waals surface area (Å²) in [6, 6.07) is 3.87. The van der Waals surface area contributed by atoms with Crippen LogP contribution >= 0.6 is 0 Å². The smallest absolute Gasteiger partial charge is 0.274 e. The minimum absolute atomic E-state index is 0.0102. The number of carbonyl (C=O) groups excluding carboxylic acids is 1. The number of carbonyl (C=O) groups is 1. The molecule has 3 heterocycles. The Hall–Kier alpha value is -2.11. The predicted octanol–water partition coefficient (Wildman–Crippen LogP) is 2.45. The van der Waals surface area contributed by atoms with E-state index in [1.54, 1.807) is 6.20 Å². The van der Waals surface area contributed by atoms with Crippen LogP contribution < -0.4 is 0 Å². The van der Waals surface area contributed by atoms with Crippen molar-refractivity contribution in [3.8, 4) is 0 Å². The summed E-state index contributed by atoms with van der Waals surface area (Å²) in [5.74, 6) is 0.345. The molecule has 0 aliphatic carbocycles. The van der Waals surface area contributed by atoms with Crippen molar-refractivity contribution in [3.05, 3.63) is 35.4 Å². The fourth-order valence-electron chi connectivity index (χ4n) is 2.89. The normalized spacial score (nSPS) is 19.4. The lowest BCUT2D eigenvalue weighted by Gasteiger charge is -2.31. The zero-order chi connectivity index (χ0) is 15.7. The van der Waals surface area contributed by atoms with Crippen molar-refractivity contribution < 1.29 is 4.79 Å². The number of nitrogens with zero attached hydrogens (tertiary/aromatic N) is 3. The highest BCUT2D eigenvalue weighted by atomic mass is 16.2. The molecule has 118 valence electrons. The van der Waals surface area contributed by atoms with E-state index in [1.165, 1.54) is 0 Å². The largest absolute Gasteiger partial charge is 0.337 e. The molecular formula is C16H23N5O. The minimum Gasteiger partial charge on any atom is -0.337 e. The van der Waals surface area contributed by atoms with Crippen molar-refractivity contribution >= 4 is 5.91 Å². The molecule has 0 saturated carbocycles. The van der Waals surface area contributed by atoms with Gasteiger partial charge in [-0.05, 0) is 25.0 Å². The maximum Gasteiger partial charge on any atom is 0.274 e. The standard InChI is InChI=1S/C16H23N5O/c1-16(2,3)14-9-13(19-20-14)15(22)21-8-4-5-11(10-21)12-6-7-17-18-12/h6-7,9,11H,4-5,8,10H2,1-3H3,(H,17,18)(H,19,20)/t11-/m0/s1. The molecule has 1 aliphatic rings. The number of rotatable bonds is 2. The van der Waals surface area contributed by atoms with Crippen LogP contribution in [0.1, 0.15) is 61.4 Å². The lowest BCUT2D eigenvalue weighted by molar-refractivity contribution is 0.0700. The summed E-state index contributed by atoms with van der Waals surface area (Å²) in [5.41, 5.74) is 2.56. The number of nitrogens with one attached hydrogen (secondary N) is 2. The molecule has 1 aliphatic heterocycles. The molecule has 6 heteroatoms. The maximum absolute atomic E-state index is 12.7. The molecule has 0 radical (unpaired) electrons. The molecule has 22 heavy (non-hydrogen) atoms. The third-order valence-electron chi connectivity index (χ3n) is 4.28. The second-order valence-electron chi connectivity index (χ2n) is 7.02. The topological polar surface area (TPSA) is 77.7 Å². The second kappa shape index (κ2) is 5.59. The van der Waals surface area contributed by atoms with E-state index in [0.717, 1.165) is 37.3 Å². The number of hydrogen-bond acceptors (Lipinski definition) is 3. The molecule has 2 aromatic heterocycles. The van der Waals surface area contributed by atoms with Gasteiger partial charge in [-0.1, -0.05) is 20.8 Å². The molecule has 1 fully saturated rings. The van der Waals surface area contributed by atoms with Crippen LogP contribution in [0.3, 0.4) is 0 Å². The van der Waals surface area contributed by atoms with Gasteiger partial charge in [-0.25, -0.2) is 0 Å². The van der Waals surface area contributed by atoms with Gasteiger partial charge in [0.05, 0.1) is 0 Å². The van der Waals surface area contributed by atoms with E-state index in [4.69, 9.17) is 0 Å². The summed E-state index contributed by atoms with van der Waals surface area (Å²) in [4.78, 5) is 14.6. The summed E-state index contributed by atoms with van der Waals surface area (Å²) in [6.45, 7) is 7.82. The van der Waals surface area contributed by atoms with E-state index in [-0.39, 0.29) is 11.3 Å². The third-order valence-corrected chi connectivity index (χ3v) is 4.28. The van der Waals surface area contributed by atoms with Crippen molar-refractivity contribution in [2.24, 2.45) is 0 Å². The SMILES string of the molecule is CC(C)(C)c1cc(C(=O)N2CCC[C@H](c3ccn[nH]3)C2)n[nH]1. The molecule has 3 rings (SSSR count). The number of piperidine rings is 1. The molecule has 0 bridgehead atoms. The summed E-state index contributed by atoms with van der Waals surface area (Å²) in [5, 5.41) is 14.2. The van der Waals surface area contributed by atoms with E-state index < -0.39 is 0 Å². The van der Waals surface area contributed by atoms with E-state index in [1.807, 2.05) is 17.0 Å². The highest BCUT2D eigenvalue weighted by Crippen LogP contribution is 2.27. The van der Waals surface area contributed by atoms with Crippen molar-refractivity contribution in [2.75, 3.05) is 13.1 Å². The quantitative estimate of drug-likeness (QED) is 0.894. The van der Waals surface area contributed by atoms with Crippen LogP contribution in [0.4, 0.5) is 0 Å². The van der Waals surface area contributed by atoms with E-state index >= 15 is 0 Å². The second-order valence-corrected chi connectivity index (χ2v) is 7.02. The molecule has 1 atom stereocenters. The zero-order valence-electron chi connectivity index (χ0n) is 13.4. The van der Waals surface area contributed by atoms with E-state index in [9.17, 15) is 4.79 Å². The predicted molar refractivity (Wildman–Crippen MR) is 83.8 cm³/mol. The Bertz CT molecular complexity index is 638. The Kier molecular flexibility index (Phi) is 3.76. The zero-order valence-corrected chi connectivity index (χ0v) is 13.4. The Morgan fingerprint density at radius 1 is 1.36 bits per heavy atom. The number of hydrogen-bond donors (Lipinski definition) is 2. The summed E-state index contributed by atoms with van der Waals surface area (Å²) < 4.78 is 0. The van der Waals surface area contributed by atoms with Gasteiger partial charge in [0.2, 0.25) is 0 Å². The lowest BCUT2D eigenvalue weighted by atomic mass is 9.92. The molecule has 0 spiro atoms. The van der Waals surface area contributed by atoms with Crippen LogP contribution in [0.5, 0.6) is 0 Å². The Morgan fingerprint density at radius 3 is 2.82 bits per heavy atom. The van der Waals surface area contributed by atoms with Gasteiger partial charge in [-0.15, -0.1) is 0 Å². The first-order valence-corrected chi connectivity index (χ1v) is 7.79. The molecule has 1 amide bonds. The highest BCUT2D eigenvalue weighted by Gasteiger charge is 2.28. The summed E-state index contributed by atoms with van der Waals surface area (Å²) in [7, 11) is 0. The van der Waals surface area contributed by atoms with Crippen LogP contribution in [0.25, 0.3) is 0 Å². The third kappa shape index (κ3) is 2.91. The van der Waals surface area contributed by atoms with E-state index in [0.29, 0.717) is 11.6 Å². The number of aromatic nitrogens is 4. The molecule has 0 aromatic carbocycles. The molecule has 0 unspecified atom stereocenters.